The highest BCUT2D eigenvalue weighted by atomic mass is 32.1. The van der Waals surface area contributed by atoms with Gasteiger partial charge in [-0.25, -0.2) is 0 Å². The Balaban J connectivity index is 2.33. The summed E-state index contributed by atoms with van der Waals surface area (Å²) in [7, 11) is 0. The maximum Gasteiger partial charge on any atom is 0.229 e. The smallest absolute Gasteiger partial charge is 0.229 e. The van der Waals surface area contributed by atoms with E-state index < -0.39 is 0 Å². The van der Waals surface area contributed by atoms with Crippen LogP contribution in [0.15, 0.2) is 0 Å². The molecule has 0 aromatic carbocycles. The van der Waals surface area contributed by atoms with Gasteiger partial charge in [0.2, 0.25) is 11.8 Å². The summed E-state index contributed by atoms with van der Waals surface area (Å²) in [6, 6.07) is 0. The highest BCUT2D eigenvalue weighted by molar-refractivity contribution is 7.80. The number of ether oxygens (including phenoxy) is 1. The molecule has 0 aromatic rings. The van der Waals surface area contributed by atoms with Crippen LogP contribution in [0.25, 0.3) is 0 Å². The van der Waals surface area contributed by atoms with Gasteiger partial charge >= 0.3 is 0 Å². The van der Waals surface area contributed by atoms with Crippen molar-refractivity contribution in [3.63, 3.8) is 0 Å². The lowest BCUT2D eigenvalue weighted by molar-refractivity contribution is -0.138. The second-order valence-corrected chi connectivity index (χ2v) is 3.45. The molecule has 0 atom stereocenters. The number of amides is 2. The number of hydrogen-bond acceptors (Lipinski definition) is 4. The summed E-state index contributed by atoms with van der Waals surface area (Å²) >= 11 is 4.89. The van der Waals surface area contributed by atoms with Crippen LogP contribution in [0.1, 0.15) is 26.2 Å². The molecule has 0 aliphatic carbocycles. The van der Waals surface area contributed by atoms with E-state index in [9.17, 15) is 9.59 Å². The lowest BCUT2D eigenvalue weighted by Gasteiger charge is -2.13. The molecule has 1 saturated heterocycles. The quantitative estimate of drug-likeness (QED) is 0.516. The third-order valence-electron chi connectivity index (χ3n) is 2.00. The molecule has 0 spiro atoms. The zero-order valence-corrected chi connectivity index (χ0v) is 8.93. The second kappa shape index (κ2) is 5.05. The summed E-state index contributed by atoms with van der Waals surface area (Å²) in [5.41, 5.74) is 0. The first-order valence-corrected chi connectivity index (χ1v) is 5.04. The Labute approximate surface area is 88.2 Å². The molecule has 0 N–H and O–H groups in total. The lowest BCUT2D eigenvalue weighted by Crippen LogP contribution is -2.31. The third kappa shape index (κ3) is 2.77. The van der Waals surface area contributed by atoms with Gasteiger partial charge in [0.05, 0.1) is 6.61 Å². The van der Waals surface area contributed by atoms with Crippen LogP contribution in [-0.4, -0.2) is 34.9 Å². The van der Waals surface area contributed by atoms with E-state index in [1.807, 2.05) is 6.92 Å². The van der Waals surface area contributed by atoms with Gasteiger partial charge in [-0.1, -0.05) is 0 Å². The van der Waals surface area contributed by atoms with E-state index in [-0.39, 0.29) is 11.8 Å². The number of carbonyl (C=O) groups excluding carboxylic acids is 2. The summed E-state index contributed by atoms with van der Waals surface area (Å²) in [6.45, 7) is 2.73. The van der Waals surface area contributed by atoms with E-state index in [1.54, 1.807) is 0 Å². The molecule has 1 aliphatic rings. The first-order chi connectivity index (χ1) is 6.65. The van der Waals surface area contributed by atoms with Crippen LogP contribution in [0.4, 0.5) is 0 Å². The van der Waals surface area contributed by atoms with Crippen LogP contribution in [0.2, 0.25) is 0 Å². The average molecular weight is 215 g/mol. The molecule has 1 fully saturated rings. The molecule has 78 valence electrons. The summed E-state index contributed by atoms with van der Waals surface area (Å²) in [6.07, 6.45) is 1.13. The van der Waals surface area contributed by atoms with Gasteiger partial charge in [-0.2, -0.15) is 0 Å². The molecule has 0 bridgehead atoms. The standard InChI is InChI=1S/C9H13NO3S/c1-2-13-9(14)5-6-10-7(11)3-4-8(10)12/h2-6H2,1H3. The number of imide groups is 1. The topological polar surface area (TPSA) is 46.6 Å². The first-order valence-electron chi connectivity index (χ1n) is 4.64. The van der Waals surface area contributed by atoms with Gasteiger partial charge in [-0.15, -0.1) is 0 Å². The van der Waals surface area contributed by atoms with Gasteiger partial charge in [0, 0.05) is 25.8 Å². The van der Waals surface area contributed by atoms with Crippen LogP contribution >= 0.6 is 12.2 Å². The van der Waals surface area contributed by atoms with Crippen molar-refractivity contribution < 1.29 is 14.3 Å². The van der Waals surface area contributed by atoms with E-state index >= 15 is 0 Å². The Morgan fingerprint density at radius 1 is 1.43 bits per heavy atom. The largest absolute Gasteiger partial charge is 0.487 e. The number of thiocarbonyl (C=S) groups is 1. The SMILES string of the molecule is CCOC(=S)CCN1C(=O)CCC1=O. The van der Waals surface area contributed by atoms with Crippen LogP contribution < -0.4 is 0 Å². The minimum absolute atomic E-state index is 0.103. The van der Waals surface area contributed by atoms with Gasteiger partial charge in [0.25, 0.3) is 0 Å². The van der Waals surface area contributed by atoms with Gasteiger partial charge < -0.3 is 4.74 Å². The van der Waals surface area contributed by atoms with E-state index in [1.165, 1.54) is 4.90 Å². The maximum absolute atomic E-state index is 11.2. The third-order valence-corrected chi connectivity index (χ3v) is 2.32. The molecule has 0 saturated carbocycles. The minimum atomic E-state index is -0.103. The molecule has 0 radical (unpaired) electrons. The van der Waals surface area contributed by atoms with E-state index in [4.69, 9.17) is 17.0 Å². The number of hydrogen-bond donors (Lipinski definition) is 0. The summed E-state index contributed by atoms with van der Waals surface area (Å²) in [5, 5.41) is 0.458. The van der Waals surface area contributed by atoms with Crippen LogP contribution in [0, 0.1) is 0 Å². The zero-order chi connectivity index (χ0) is 10.6. The van der Waals surface area contributed by atoms with Crippen molar-refractivity contribution in [1.82, 2.24) is 4.90 Å². The normalized spacial score (nSPS) is 16.2. The van der Waals surface area contributed by atoms with E-state index in [0.717, 1.165) is 0 Å². The van der Waals surface area contributed by atoms with Crippen LogP contribution in [0.3, 0.4) is 0 Å². The molecule has 5 heteroatoms. The number of rotatable bonds is 4. The highest BCUT2D eigenvalue weighted by Crippen LogP contribution is 2.12. The predicted octanol–water partition coefficient (Wildman–Crippen LogP) is 0.889. The molecule has 2 amide bonds. The Kier molecular flexibility index (Phi) is 4.00. The number of nitrogens with zero attached hydrogens (tertiary/aromatic N) is 1. The van der Waals surface area contributed by atoms with Crippen LogP contribution in [0.5, 0.6) is 0 Å². The fourth-order valence-corrected chi connectivity index (χ4v) is 1.52. The fraction of sp³-hybridized carbons (Fsp3) is 0.667. The lowest BCUT2D eigenvalue weighted by atomic mass is 10.4. The molecule has 1 aliphatic heterocycles. The highest BCUT2D eigenvalue weighted by Gasteiger charge is 2.28. The first kappa shape index (κ1) is 11.1. The number of carbonyl (C=O) groups is 2. The molecule has 4 nitrogen and oxygen atoms in total. The monoisotopic (exact) mass is 215 g/mol. The van der Waals surface area contributed by atoms with Gasteiger partial charge in [-0.05, 0) is 19.1 Å². The fourth-order valence-electron chi connectivity index (χ4n) is 1.31. The average Bonchev–Trinajstić information content (AvgIpc) is 2.44. The van der Waals surface area contributed by atoms with Crippen molar-refractivity contribution in [2.24, 2.45) is 0 Å². The summed E-state index contributed by atoms with van der Waals surface area (Å²) < 4.78 is 5.05. The molecular formula is C9H13NO3S. The molecule has 14 heavy (non-hydrogen) atoms. The van der Waals surface area contributed by atoms with Crippen molar-refractivity contribution in [3.8, 4) is 0 Å². The van der Waals surface area contributed by atoms with Gasteiger partial charge in [-0.3, -0.25) is 14.5 Å². The number of likely N-dealkylation sites (tertiary alicyclic amines) is 1. The Morgan fingerprint density at radius 3 is 2.50 bits per heavy atom. The van der Waals surface area contributed by atoms with Crippen LogP contribution in [-0.2, 0) is 14.3 Å². The molecule has 1 rings (SSSR count). The Bertz CT molecular complexity index is 249. The Hall–Kier alpha value is -0.970. The van der Waals surface area contributed by atoms with Crippen molar-refractivity contribution in [2.45, 2.75) is 26.2 Å². The summed E-state index contributed by atoms with van der Waals surface area (Å²) in [5.74, 6) is -0.205. The van der Waals surface area contributed by atoms with Crippen molar-refractivity contribution in [1.29, 1.82) is 0 Å². The van der Waals surface area contributed by atoms with Gasteiger partial charge in [0.15, 0.2) is 5.05 Å². The molecular weight excluding hydrogens is 202 g/mol. The molecule has 0 unspecified atom stereocenters. The second-order valence-electron chi connectivity index (χ2n) is 2.99. The summed E-state index contributed by atoms with van der Waals surface area (Å²) in [4.78, 5) is 23.6. The zero-order valence-electron chi connectivity index (χ0n) is 8.12. The molecule has 1 heterocycles. The predicted molar refractivity (Wildman–Crippen MR) is 54.8 cm³/mol. The van der Waals surface area contributed by atoms with E-state index in [0.29, 0.717) is 37.5 Å². The molecule has 0 aromatic heterocycles. The van der Waals surface area contributed by atoms with Gasteiger partial charge in [0.1, 0.15) is 0 Å². The van der Waals surface area contributed by atoms with Crippen molar-refractivity contribution in [2.75, 3.05) is 13.2 Å². The Morgan fingerprint density at radius 2 is 2.00 bits per heavy atom. The van der Waals surface area contributed by atoms with Crippen molar-refractivity contribution in [3.05, 3.63) is 0 Å². The minimum Gasteiger partial charge on any atom is -0.487 e. The maximum atomic E-state index is 11.2. The van der Waals surface area contributed by atoms with E-state index in [2.05, 4.69) is 0 Å². The van der Waals surface area contributed by atoms with Crippen molar-refractivity contribution >= 4 is 29.1 Å².